The minimum atomic E-state index is -0.170. The molecular weight excluding hydrogens is 404 g/mol. The van der Waals surface area contributed by atoms with Crippen LogP contribution in [0.25, 0.3) is 11.0 Å². The molecule has 10 nitrogen and oxygen atoms in total. The van der Waals surface area contributed by atoms with Crippen molar-refractivity contribution in [2.45, 2.75) is 18.9 Å². The van der Waals surface area contributed by atoms with E-state index in [0.717, 1.165) is 42.4 Å². The van der Waals surface area contributed by atoms with E-state index in [4.69, 9.17) is 15.2 Å². The number of piperazine rings is 1. The monoisotopic (exact) mass is 428 g/mol. The Hall–Kier alpha value is -2.92. The first-order valence-electron chi connectivity index (χ1n) is 10.2. The maximum Gasteiger partial charge on any atom is 0.323 e. The Morgan fingerprint density at radius 1 is 1.10 bits per heavy atom. The van der Waals surface area contributed by atoms with Crippen LogP contribution < -0.4 is 20.9 Å². The number of urea groups is 1. The van der Waals surface area contributed by atoms with Gasteiger partial charge < -0.3 is 25.0 Å². The van der Waals surface area contributed by atoms with Gasteiger partial charge in [-0.25, -0.2) is 4.79 Å². The lowest BCUT2D eigenvalue weighted by molar-refractivity contribution is 0.208. The molecule has 2 aromatic heterocycles. The molecule has 2 amide bonds. The summed E-state index contributed by atoms with van der Waals surface area (Å²) in [6.45, 7) is 4.45. The number of benzene rings is 1. The predicted octanol–water partition coefficient (Wildman–Crippen LogP) is 1.96. The number of fused-ring (bicyclic) bond motifs is 1. The summed E-state index contributed by atoms with van der Waals surface area (Å²) in [7, 11) is 0. The third-order valence-electron chi connectivity index (χ3n) is 5.67. The predicted molar refractivity (Wildman–Crippen MR) is 116 cm³/mol. The molecule has 2 aliphatic heterocycles. The molecule has 11 heteroatoms. The molecule has 5 rings (SSSR count). The third kappa shape index (κ3) is 3.77. The van der Waals surface area contributed by atoms with E-state index in [1.807, 2.05) is 24.3 Å². The molecular formula is C19H24N8O2S. The largest absolute Gasteiger partial charge is 0.354 e. The summed E-state index contributed by atoms with van der Waals surface area (Å²) in [6, 6.07) is 7.58. The van der Waals surface area contributed by atoms with E-state index in [9.17, 15) is 4.79 Å². The van der Waals surface area contributed by atoms with Gasteiger partial charge in [-0.2, -0.15) is 9.36 Å². The summed E-state index contributed by atoms with van der Waals surface area (Å²) < 4.78 is 9.79. The van der Waals surface area contributed by atoms with Gasteiger partial charge >= 0.3 is 6.03 Å². The molecule has 0 bridgehead atoms. The zero-order valence-electron chi connectivity index (χ0n) is 16.5. The molecule has 30 heavy (non-hydrogen) atoms. The number of nitrogens with two attached hydrogens (primary N) is 1. The number of para-hydroxylation sites is 1. The van der Waals surface area contributed by atoms with Crippen molar-refractivity contribution < 1.29 is 9.32 Å². The van der Waals surface area contributed by atoms with Crippen LogP contribution in [-0.2, 0) is 0 Å². The summed E-state index contributed by atoms with van der Waals surface area (Å²) in [6.07, 6.45) is 1.95. The summed E-state index contributed by atoms with van der Waals surface area (Å²) in [5.74, 6) is 1.24. The quantitative estimate of drug-likeness (QED) is 0.650. The number of anilines is 3. The Balaban J connectivity index is 1.17. The van der Waals surface area contributed by atoms with Crippen molar-refractivity contribution in [2.75, 3.05) is 54.4 Å². The van der Waals surface area contributed by atoms with Gasteiger partial charge in [0.25, 0.3) is 0 Å². The number of hydrogen-bond acceptors (Lipinski definition) is 9. The number of carbonyl (C=O) groups is 1. The van der Waals surface area contributed by atoms with Crippen molar-refractivity contribution in [1.82, 2.24) is 19.4 Å². The second kappa shape index (κ2) is 8.07. The molecule has 0 aliphatic carbocycles. The highest BCUT2D eigenvalue weighted by atomic mass is 32.1. The van der Waals surface area contributed by atoms with Gasteiger partial charge in [0.2, 0.25) is 11.1 Å². The first-order chi connectivity index (χ1) is 14.7. The number of carbonyl (C=O) groups excluding carboxylic acids is 1. The van der Waals surface area contributed by atoms with Gasteiger partial charge in [-0.1, -0.05) is 17.3 Å². The van der Waals surface area contributed by atoms with E-state index in [-0.39, 0.29) is 12.1 Å². The highest BCUT2D eigenvalue weighted by molar-refractivity contribution is 7.09. The van der Waals surface area contributed by atoms with E-state index in [0.29, 0.717) is 37.6 Å². The molecule has 4 heterocycles. The van der Waals surface area contributed by atoms with Gasteiger partial charge in [0.05, 0.1) is 5.39 Å². The second-order valence-electron chi connectivity index (χ2n) is 7.63. The smallest absolute Gasteiger partial charge is 0.323 e. The van der Waals surface area contributed by atoms with Crippen molar-refractivity contribution in [1.29, 1.82) is 0 Å². The lowest BCUT2D eigenvalue weighted by Gasteiger charge is -2.34. The fourth-order valence-electron chi connectivity index (χ4n) is 3.82. The molecule has 0 unspecified atom stereocenters. The van der Waals surface area contributed by atoms with Crippen LogP contribution >= 0.6 is 11.5 Å². The zero-order chi connectivity index (χ0) is 20.5. The molecule has 0 radical (unpaired) electrons. The molecule has 0 saturated carbocycles. The first-order valence-corrected chi connectivity index (χ1v) is 10.9. The maximum atomic E-state index is 12.7. The van der Waals surface area contributed by atoms with E-state index >= 15 is 0 Å². The fourth-order valence-corrected chi connectivity index (χ4v) is 4.56. The van der Waals surface area contributed by atoms with Crippen LogP contribution in [0.3, 0.4) is 0 Å². The molecule has 2 fully saturated rings. The number of hydrogen-bond donors (Lipinski definition) is 2. The van der Waals surface area contributed by atoms with Crippen molar-refractivity contribution in [2.24, 2.45) is 5.73 Å². The standard InChI is InChI=1S/C19H24N8O2S/c20-13-5-7-25(8-6-13)17-22-19(30-24-17)27-11-9-26(10-12-27)18(28)21-16-14-3-1-2-4-15(14)29-23-16/h1-4,13H,5-12,20H2,(H,21,23,28). The van der Waals surface area contributed by atoms with Gasteiger partial charge in [0, 0.05) is 56.8 Å². The van der Waals surface area contributed by atoms with Gasteiger partial charge in [-0.3, -0.25) is 5.32 Å². The van der Waals surface area contributed by atoms with Gasteiger partial charge in [-0.05, 0) is 25.0 Å². The summed E-state index contributed by atoms with van der Waals surface area (Å²) in [5.41, 5.74) is 6.64. The van der Waals surface area contributed by atoms with E-state index in [1.54, 1.807) is 4.90 Å². The van der Waals surface area contributed by atoms with Gasteiger partial charge in [-0.15, -0.1) is 0 Å². The Bertz CT molecular complexity index is 1020. The molecule has 0 atom stereocenters. The highest BCUT2D eigenvalue weighted by Gasteiger charge is 2.26. The van der Waals surface area contributed by atoms with E-state index in [1.165, 1.54) is 11.5 Å². The molecule has 2 saturated heterocycles. The molecule has 158 valence electrons. The van der Waals surface area contributed by atoms with Crippen LogP contribution in [0.15, 0.2) is 28.8 Å². The number of amides is 2. The van der Waals surface area contributed by atoms with Crippen molar-refractivity contribution in [3.8, 4) is 0 Å². The highest BCUT2D eigenvalue weighted by Crippen LogP contribution is 2.26. The number of nitrogens with zero attached hydrogens (tertiary/aromatic N) is 6. The Labute approximate surface area is 177 Å². The lowest BCUT2D eigenvalue weighted by Crippen LogP contribution is -2.50. The van der Waals surface area contributed by atoms with Crippen molar-refractivity contribution in [3.05, 3.63) is 24.3 Å². The molecule has 2 aliphatic rings. The van der Waals surface area contributed by atoms with E-state index in [2.05, 4.69) is 24.6 Å². The van der Waals surface area contributed by atoms with Crippen LogP contribution in [-0.4, -0.2) is 70.8 Å². The van der Waals surface area contributed by atoms with Crippen LogP contribution in [0.5, 0.6) is 0 Å². The lowest BCUT2D eigenvalue weighted by atomic mass is 10.1. The van der Waals surface area contributed by atoms with Crippen molar-refractivity contribution in [3.63, 3.8) is 0 Å². The van der Waals surface area contributed by atoms with Crippen LogP contribution in [0.1, 0.15) is 12.8 Å². The average Bonchev–Trinajstić information content (AvgIpc) is 3.42. The molecule has 3 N–H and O–H groups in total. The summed E-state index contributed by atoms with van der Waals surface area (Å²) >= 11 is 1.42. The Morgan fingerprint density at radius 3 is 2.67 bits per heavy atom. The third-order valence-corrected chi connectivity index (χ3v) is 6.43. The van der Waals surface area contributed by atoms with Gasteiger partial charge in [0.15, 0.2) is 11.4 Å². The fraction of sp³-hybridized carbons (Fsp3) is 0.474. The average molecular weight is 429 g/mol. The minimum Gasteiger partial charge on any atom is -0.354 e. The normalized spacial score (nSPS) is 18.2. The zero-order valence-corrected chi connectivity index (χ0v) is 17.3. The number of piperidine rings is 1. The first kappa shape index (κ1) is 19.1. The van der Waals surface area contributed by atoms with Gasteiger partial charge in [0.1, 0.15) is 0 Å². The SMILES string of the molecule is NC1CCN(c2nsc(N3CCN(C(=O)Nc4noc5ccccc45)CC3)n2)CC1. The second-order valence-corrected chi connectivity index (χ2v) is 8.36. The molecule has 1 aromatic carbocycles. The number of nitrogens with one attached hydrogen (secondary N) is 1. The van der Waals surface area contributed by atoms with E-state index < -0.39 is 0 Å². The van der Waals surface area contributed by atoms with Crippen molar-refractivity contribution >= 4 is 45.4 Å². The number of aromatic nitrogens is 3. The van der Waals surface area contributed by atoms with Crippen LogP contribution in [0.2, 0.25) is 0 Å². The minimum absolute atomic E-state index is 0.170. The Morgan fingerprint density at radius 2 is 1.87 bits per heavy atom. The van der Waals surface area contributed by atoms with Crippen LogP contribution in [0.4, 0.5) is 21.7 Å². The summed E-state index contributed by atoms with van der Waals surface area (Å²) in [5, 5.41) is 8.53. The topological polar surface area (TPSA) is 117 Å². The maximum absolute atomic E-state index is 12.7. The number of rotatable bonds is 3. The summed E-state index contributed by atoms with van der Waals surface area (Å²) in [4.78, 5) is 23.6. The Kier molecular flexibility index (Phi) is 5.13. The molecule has 0 spiro atoms. The molecule has 3 aromatic rings. The van der Waals surface area contributed by atoms with Crippen LogP contribution in [0, 0.1) is 0 Å².